The maximum atomic E-state index is 10.9. The second-order valence-electron chi connectivity index (χ2n) is 5.08. The van der Waals surface area contributed by atoms with Crippen molar-refractivity contribution in [1.29, 1.82) is 0 Å². The van der Waals surface area contributed by atoms with Crippen molar-refractivity contribution in [3.8, 4) is 0 Å². The second kappa shape index (κ2) is 7.01. The monoisotopic (exact) mass is 314 g/mol. The summed E-state index contributed by atoms with van der Waals surface area (Å²) in [4.78, 5) is 0. The molecule has 1 fully saturated rings. The lowest BCUT2D eigenvalue weighted by molar-refractivity contribution is 0.223. The van der Waals surface area contributed by atoms with Crippen LogP contribution >= 0.6 is 0 Å². The van der Waals surface area contributed by atoms with Crippen molar-refractivity contribution >= 4 is 20.2 Å². The van der Waals surface area contributed by atoms with E-state index in [1.54, 1.807) is 0 Å². The average Bonchev–Trinajstić information content (AvgIpc) is 2.62. The van der Waals surface area contributed by atoms with Crippen LogP contribution in [-0.2, 0) is 28.6 Å². The molecule has 0 bridgehead atoms. The molecule has 0 aromatic heterocycles. The molecule has 0 saturated heterocycles. The van der Waals surface area contributed by atoms with E-state index in [1.807, 2.05) is 0 Å². The summed E-state index contributed by atoms with van der Waals surface area (Å²) in [5, 5.41) is 0. The molecule has 6 nitrogen and oxygen atoms in total. The van der Waals surface area contributed by atoms with Crippen LogP contribution in [0.3, 0.4) is 0 Å². The minimum Gasteiger partial charge on any atom is -0.270 e. The third-order valence-corrected chi connectivity index (χ3v) is 4.58. The first-order valence-electron chi connectivity index (χ1n) is 6.36. The molecule has 1 saturated carbocycles. The Bertz CT molecular complexity index is 423. The lowest BCUT2D eigenvalue weighted by atomic mass is 9.91. The van der Waals surface area contributed by atoms with Gasteiger partial charge >= 0.3 is 0 Å². The van der Waals surface area contributed by atoms with Gasteiger partial charge in [0.05, 0.1) is 25.7 Å². The van der Waals surface area contributed by atoms with E-state index < -0.39 is 20.2 Å². The van der Waals surface area contributed by atoms with Crippen molar-refractivity contribution in [3.63, 3.8) is 0 Å². The van der Waals surface area contributed by atoms with Gasteiger partial charge in [0.2, 0.25) is 0 Å². The van der Waals surface area contributed by atoms with Crippen LogP contribution in [0.15, 0.2) is 0 Å². The molecule has 0 N–H and O–H groups in total. The number of rotatable bonds is 8. The Kier molecular flexibility index (Phi) is 6.22. The molecule has 0 heterocycles. The van der Waals surface area contributed by atoms with E-state index >= 15 is 0 Å². The van der Waals surface area contributed by atoms with E-state index in [-0.39, 0.29) is 13.2 Å². The lowest BCUT2D eigenvalue weighted by Gasteiger charge is -2.18. The third-order valence-electron chi connectivity index (χ3n) is 3.39. The Morgan fingerprint density at radius 1 is 0.842 bits per heavy atom. The topological polar surface area (TPSA) is 86.7 Å². The first-order chi connectivity index (χ1) is 8.67. The van der Waals surface area contributed by atoms with E-state index in [0.717, 1.165) is 31.8 Å². The highest BCUT2D eigenvalue weighted by molar-refractivity contribution is 7.86. The fraction of sp³-hybridized carbons (Fsp3) is 1.00. The summed E-state index contributed by atoms with van der Waals surface area (Å²) in [6, 6.07) is 0. The summed E-state index contributed by atoms with van der Waals surface area (Å²) in [5.74, 6) is 0.787. The molecule has 0 spiro atoms. The van der Waals surface area contributed by atoms with Crippen molar-refractivity contribution < 1.29 is 25.2 Å². The van der Waals surface area contributed by atoms with E-state index in [9.17, 15) is 16.8 Å². The van der Waals surface area contributed by atoms with Crippen LogP contribution in [0.1, 0.15) is 32.1 Å². The molecule has 8 heteroatoms. The van der Waals surface area contributed by atoms with E-state index in [1.165, 1.54) is 0 Å². The van der Waals surface area contributed by atoms with Crippen molar-refractivity contribution in [2.24, 2.45) is 11.8 Å². The van der Waals surface area contributed by atoms with E-state index in [0.29, 0.717) is 24.7 Å². The number of hydrogen-bond donors (Lipinski definition) is 0. The Morgan fingerprint density at radius 3 is 1.53 bits per heavy atom. The predicted molar refractivity (Wildman–Crippen MR) is 71.7 cm³/mol. The SMILES string of the molecule is CS(=O)(=O)OCC[C@H]1CCC[C@@H]1CCOS(C)(=O)=O. The van der Waals surface area contributed by atoms with E-state index in [2.05, 4.69) is 0 Å². The first kappa shape index (κ1) is 16.9. The molecule has 0 amide bonds. The van der Waals surface area contributed by atoms with Crippen LogP contribution in [0.2, 0.25) is 0 Å². The summed E-state index contributed by atoms with van der Waals surface area (Å²) < 4.78 is 52.9. The van der Waals surface area contributed by atoms with Gasteiger partial charge in [-0.1, -0.05) is 19.3 Å². The van der Waals surface area contributed by atoms with Crippen molar-refractivity contribution in [3.05, 3.63) is 0 Å². The van der Waals surface area contributed by atoms with Gasteiger partial charge in [-0.2, -0.15) is 16.8 Å². The van der Waals surface area contributed by atoms with Gasteiger partial charge in [-0.3, -0.25) is 8.37 Å². The first-order valence-corrected chi connectivity index (χ1v) is 9.99. The van der Waals surface area contributed by atoms with Crippen LogP contribution in [0.4, 0.5) is 0 Å². The normalized spacial score (nSPS) is 24.7. The zero-order chi connectivity index (χ0) is 14.5. The van der Waals surface area contributed by atoms with Crippen LogP contribution in [0.25, 0.3) is 0 Å². The Balaban J connectivity index is 2.29. The van der Waals surface area contributed by atoms with Gasteiger partial charge < -0.3 is 0 Å². The van der Waals surface area contributed by atoms with Crippen molar-refractivity contribution in [2.75, 3.05) is 25.7 Å². The molecule has 1 rings (SSSR count). The third kappa shape index (κ3) is 7.86. The highest BCUT2D eigenvalue weighted by atomic mass is 32.2. The van der Waals surface area contributed by atoms with Gasteiger partial charge in [0, 0.05) is 0 Å². The van der Waals surface area contributed by atoms with Crippen LogP contribution < -0.4 is 0 Å². The summed E-state index contributed by atoms with van der Waals surface area (Å²) in [6.07, 6.45) is 6.63. The predicted octanol–water partition coefficient (Wildman–Crippen LogP) is 1.14. The smallest absolute Gasteiger partial charge is 0.264 e. The van der Waals surface area contributed by atoms with Gasteiger partial charge in [0.15, 0.2) is 0 Å². The second-order valence-corrected chi connectivity index (χ2v) is 8.37. The zero-order valence-electron chi connectivity index (χ0n) is 11.4. The molecular weight excluding hydrogens is 292 g/mol. The van der Waals surface area contributed by atoms with Gasteiger partial charge in [0.1, 0.15) is 0 Å². The molecule has 0 aromatic carbocycles. The maximum absolute atomic E-state index is 10.9. The zero-order valence-corrected chi connectivity index (χ0v) is 13.0. The summed E-state index contributed by atoms with van der Waals surface area (Å²) in [5.41, 5.74) is 0. The molecular formula is C11H22O6S2. The van der Waals surface area contributed by atoms with Gasteiger partial charge in [-0.15, -0.1) is 0 Å². The van der Waals surface area contributed by atoms with Crippen LogP contribution in [0, 0.1) is 11.8 Å². The molecule has 1 aliphatic rings. The maximum Gasteiger partial charge on any atom is 0.264 e. The summed E-state index contributed by atoms with van der Waals surface area (Å²) in [7, 11) is -6.75. The fourth-order valence-corrected chi connectivity index (χ4v) is 3.37. The highest BCUT2D eigenvalue weighted by Crippen LogP contribution is 2.36. The largest absolute Gasteiger partial charge is 0.270 e. The van der Waals surface area contributed by atoms with Gasteiger partial charge in [-0.05, 0) is 24.7 Å². The summed E-state index contributed by atoms with van der Waals surface area (Å²) >= 11 is 0. The highest BCUT2D eigenvalue weighted by Gasteiger charge is 2.27. The minimum absolute atomic E-state index is 0.201. The fourth-order valence-electron chi connectivity index (χ4n) is 2.58. The molecule has 0 aromatic rings. The standard InChI is InChI=1S/C11H22O6S2/c1-18(12,13)16-8-6-10-4-3-5-11(10)7-9-17-19(2,14)15/h10-11H,3-9H2,1-2H3/t10-,11-/m1/s1. The van der Waals surface area contributed by atoms with Crippen molar-refractivity contribution in [2.45, 2.75) is 32.1 Å². The molecule has 0 aliphatic heterocycles. The molecule has 0 radical (unpaired) electrons. The van der Waals surface area contributed by atoms with Gasteiger partial charge in [0.25, 0.3) is 20.2 Å². The summed E-state index contributed by atoms with van der Waals surface area (Å²) in [6.45, 7) is 0.403. The van der Waals surface area contributed by atoms with Gasteiger partial charge in [-0.25, -0.2) is 0 Å². The molecule has 1 aliphatic carbocycles. The van der Waals surface area contributed by atoms with Crippen molar-refractivity contribution in [1.82, 2.24) is 0 Å². The van der Waals surface area contributed by atoms with Crippen LogP contribution in [-0.4, -0.2) is 42.6 Å². The quantitative estimate of drug-likeness (QED) is 0.624. The molecule has 0 unspecified atom stereocenters. The molecule has 2 atom stereocenters. The van der Waals surface area contributed by atoms with Crippen LogP contribution in [0.5, 0.6) is 0 Å². The number of hydrogen-bond acceptors (Lipinski definition) is 6. The Labute approximate surface area is 115 Å². The molecule has 114 valence electrons. The van der Waals surface area contributed by atoms with E-state index in [4.69, 9.17) is 8.37 Å². The molecule has 19 heavy (non-hydrogen) atoms. The minimum atomic E-state index is -3.37. The lowest BCUT2D eigenvalue weighted by Crippen LogP contribution is -2.15. The average molecular weight is 314 g/mol. The Hall–Kier alpha value is -0.180. The Morgan fingerprint density at radius 2 is 1.21 bits per heavy atom.